The van der Waals surface area contributed by atoms with Gasteiger partial charge in [0.05, 0.1) is 24.0 Å². The quantitative estimate of drug-likeness (QED) is 0.849. The summed E-state index contributed by atoms with van der Waals surface area (Å²) in [6, 6.07) is 0. The molecule has 0 unspecified atom stereocenters. The molecular weight excluding hydrogens is 314 g/mol. The zero-order chi connectivity index (χ0) is 17.4. The summed E-state index contributed by atoms with van der Waals surface area (Å²) in [7, 11) is 0. The van der Waals surface area contributed by atoms with Gasteiger partial charge in [0.1, 0.15) is 5.76 Å². The summed E-state index contributed by atoms with van der Waals surface area (Å²) in [6.07, 6.45) is 0.169. The van der Waals surface area contributed by atoms with E-state index in [9.17, 15) is 9.59 Å². The fourth-order valence-electron chi connectivity index (χ4n) is 3.03. The molecule has 24 heavy (non-hydrogen) atoms. The molecule has 1 saturated heterocycles. The molecule has 0 bridgehead atoms. The standard InChI is InChI=1S/C15H19N5O4/c1-7-10(8(2)23-18-7)4-13(21)20-5-11(14(16)22)12(6-20)15-17-9(3)19-24-15/h11-12H,4-6H2,1-3H3,(H2,16,22)/t11-,12-/m1/s1. The molecule has 2 atom stereocenters. The summed E-state index contributed by atoms with van der Waals surface area (Å²) in [4.78, 5) is 30.1. The van der Waals surface area contributed by atoms with Gasteiger partial charge in [-0.2, -0.15) is 4.98 Å². The predicted molar refractivity (Wildman–Crippen MR) is 80.7 cm³/mol. The predicted octanol–water partition coefficient (Wildman–Crippen LogP) is 0.253. The molecular formula is C15H19N5O4. The third kappa shape index (κ3) is 2.89. The van der Waals surface area contributed by atoms with E-state index in [1.165, 1.54) is 0 Å². The summed E-state index contributed by atoms with van der Waals surface area (Å²) in [6.45, 7) is 5.81. The van der Waals surface area contributed by atoms with Crippen LogP contribution in [-0.4, -0.2) is 45.1 Å². The average molecular weight is 333 g/mol. The van der Waals surface area contributed by atoms with Crippen LogP contribution in [0.15, 0.2) is 9.05 Å². The Labute approximate surface area is 138 Å². The number of carbonyl (C=O) groups is 2. The zero-order valence-electron chi connectivity index (χ0n) is 13.8. The minimum atomic E-state index is -0.543. The SMILES string of the molecule is Cc1noc([C@@H]2CN(C(=O)Cc3c(C)noc3C)C[C@H]2C(N)=O)n1. The fraction of sp³-hybridized carbons (Fsp3) is 0.533. The van der Waals surface area contributed by atoms with Crippen molar-refractivity contribution >= 4 is 11.8 Å². The van der Waals surface area contributed by atoms with Gasteiger partial charge in [-0.15, -0.1) is 0 Å². The van der Waals surface area contributed by atoms with Gasteiger partial charge in [0, 0.05) is 18.7 Å². The first-order valence-electron chi connectivity index (χ1n) is 7.66. The second-order valence-electron chi connectivity index (χ2n) is 6.07. The number of nitrogens with two attached hydrogens (primary N) is 1. The van der Waals surface area contributed by atoms with Gasteiger partial charge in [0.25, 0.3) is 0 Å². The van der Waals surface area contributed by atoms with Crippen LogP contribution < -0.4 is 5.73 Å². The van der Waals surface area contributed by atoms with Crippen molar-refractivity contribution in [2.24, 2.45) is 11.7 Å². The van der Waals surface area contributed by atoms with Gasteiger partial charge < -0.3 is 19.7 Å². The van der Waals surface area contributed by atoms with Crippen LogP contribution in [0.5, 0.6) is 0 Å². The molecule has 3 heterocycles. The lowest BCUT2D eigenvalue weighted by Gasteiger charge is -2.15. The van der Waals surface area contributed by atoms with Crippen LogP contribution in [0.2, 0.25) is 0 Å². The Morgan fingerprint density at radius 2 is 1.96 bits per heavy atom. The number of aromatic nitrogens is 3. The Bertz CT molecular complexity index is 761. The monoisotopic (exact) mass is 333 g/mol. The summed E-state index contributed by atoms with van der Waals surface area (Å²) >= 11 is 0. The van der Waals surface area contributed by atoms with Crippen molar-refractivity contribution < 1.29 is 18.6 Å². The van der Waals surface area contributed by atoms with Gasteiger partial charge in [0.15, 0.2) is 5.82 Å². The first kappa shape index (κ1) is 16.2. The van der Waals surface area contributed by atoms with E-state index in [4.69, 9.17) is 14.8 Å². The molecule has 1 fully saturated rings. The molecule has 0 aromatic carbocycles. The Morgan fingerprint density at radius 3 is 2.50 bits per heavy atom. The van der Waals surface area contributed by atoms with Gasteiger partial charge in [-0.05, 0) is 20.8 Å². The second-order valence-corrected chi connectivity index (χ2v) is 6.07. The van der Waals surface area contributed by atoms with Gasteiger partial charge in [-0.25, -0.2) is 0 Å². The summed E-state index contributed by atoms with van der Waals surface area (Å²) in [5, 5.41) is 7.60. The van der Waals surface area contributed by atoms with Crippen molar-refractivity contribution in [2.45, 2.75) is 33.1 Å². The topological polar surface area (TPSA) is 128 Å². The number of amides is 2. The van der Waals surface area contributed by atoms with Crippen LogP contribution in [0, 0.1) is 26.7 Å². The van der Waals surface area contributed by atoms with Crippen molar-refractivity contribution in [2.75, 3.05) is 13.1 Å². The number of nitrogens with zero attached hydrogens (tertiary/aromatic N) is 4. The van der Waals surface area contributed by atoms with Crippen LogP contribution >= 0.6 is 0 Å². The van der Waals surface area contributed by atoms with Crippen molar-refractivity contribution in [3.8, 4) is 0 Å². The van der Waals surface area contributed by atoms with E-state index in [2.05, 4.69) is 15.3 Å². The first-order chi connectivity index (χ1) is 11.4. The minimum absolute atomic E-state index is 0.116. The highest BCUT2D eigenvalue weighted by Crippen LogP contribution is 2.32. The summed E-state index contributed by atoms with van der Waals surface area (Å²) < 4.78 is 10.3. The van der Waals surface area contributed by atoms with Crippen LogP contribution in [0.4, 0.5) is 0 Å². The molecule has 9 heteroatoms. The van der Waals surface area contributed by atoms with Crippen LogP contribution in [-0.2, 0) is 16.0 Å². The van der Waals surface area contributed by atoms with E-state index in [1.807, 2.05) is 0 Å². The number of hydrogen-bond acceptors (Lipinski definition) is 7. The molecule has 2 N–H and O–H groups in total. The maximum atomic E-state index is 12.6. The average Bonchev–Trinajstić information content (AvgIpc) is 3.21. The van der Waals surface area contributed by atoms with Gasteiger partial charge >= 0.3 is 0 Å². The van der Waals surface area contributed by atoms with E-state index in [-0.39, 0.29) is 24.8 Å². The molecule has 128 valence electrons. The molecule has 2 aromatic rings. The van der Waals surface area contributed by atoms with E-state index >= 15 is 0 Å². The van der Waals surface area contributed by atoms with Crippen LogP contribution in [0.3, 0.4) is 0 Å². The molecule has 0 radical (unpaired) electrons. The fourth-order valence-corrected chi connectivity index (χ4v) is 3.03. The van der Waals surface area contributed by atoms with Gasteiger partial charge in [-0.3, -0.25) is 9.59 Å². The lowest BCUT2D eigenvalue weighted by molar-refractivity contribution is -0.129. The highest BCUT2D eigenvalue weighted by Gasteiger charge is 2.42. The Kier molecular flexibility index (Phi) is 4.08. The first-order valence-corrected chi connectivity index (χ1v) is 7.66. The van der Waals surface area contributed by atoms with Crippen molar-refractivity contribution in [3.63, 3.8) is 0 Å². The highest BCUT2D eigenvalue weighted by molar-refractivity contribution is 5.83. The third-order valence-electron chi connectivity index (χ3n) is 4.41. The molecule has 9 nitrogen and oxygen atoms in total. The third-order valence-corrected chi connectivity index (χ3v) is 4.41. The van der Waals surface area contributed by atoms with Gasteiger partial charge in [-0.1, -0.05) is 10.3 Å². The van der Waals surface area contributed by atoms with Crippen molar-refractivity contribution in [1.82, 2.24) is 20.2 Å². The van der Waals surface area contributed by atoms with E-state index < -0.39 is 11.8 Å². The lowest BCUT2D eigenvalue weighted by atomic mass is 9.95. The summed E-state index contributed by atoms with van der Waals surface area (Å²) in [5.41, 5.74) is 6.95. The smallest absolute Gasteiger partial charge is 0.232 e. The maximum absolute atomic E-state index is 12.6. The number of hydrogen-bond donors (Lipinski definition) is 1. The minimum Gasteiger partial charge on any atom is -0.369 e. The van der Waals surface area contributed by atoms with Gasteiger partial charge in [0.2, 0.25) is 17.7 Å². The zero-order valence-corrected chi connectivity index (χ0v) is 13.8. The van der Waals surface area contributed by atoms with Crippen molar-refractivity contribution in [1.29, 1.82) is 0 Å². The van der Waals surface area contributed by atoms with E-state index in [1.54, 1.807) is 25.7 Å². The molecule has 1 aliphatic rings. The molecule has 0 spiro atoms. The van der Waals surface area contributed by atoms with Crippen LogP contribution in [0.1, 0.15) is 34.7 Å². The number of rotatable bonds is 4. The largest absolute Gasteiger partial charge is 0.369 e. The molecule has 2 amide bonds. The molecule has 0 saturated carbocycles. The molecule has 0 aliphatic carbocycles. The molecule has 3 rings (SSSR count). The Hall–Kier alpha value is -2.71. The molecule has 2 aromatic heterocycles. The van der Waals surface area contributed by atoms with E-state index in [0.29, 0.717) is 29.7 Å². The lowest BCUT2D eigenvalue weighted by Crippen LogP contribution is -2.33. The van der Waals surface area contributed by atoms with Crippen molar-refractivity contribution in [3.05, 3.63) is 28.7 Å². The number of primary amides is 1. The number of likely N-dealkylation sites (tertiary alicyclic amines) is 1. The van der Waals surface area contributed by atoms with E-state index in [0.717, 1.165) is 5.56 Å². The Morgan fingerprint density at radius 1 is 1.21 bits per heavy atom. The Balaban J connectivity index is 1.77. The number of carbonyl (C=O) groups excluding carboxylic acids is 2. The summed E-state index contributed by atoms with van der Waals surface area (Å²) in [5.74, 6) is -0.0816. The normalized spacial score (nSPS) is 20.5. The second kappa shape index (κ2) is 6.06. The van der Waals surface area contributed by atoms with Crippen LogP contribution in [0.25, 0.3) is 0 Å². The number of aryl methyl sites for hydroxylation is 3. The molecule has 1 aliphatic heterocycles. The highest BCUT2D eigenvalue weighted by atomic mass is 16.5. The maximum Gasteiger partial charge on any atom is 0.232 e.